The van der Waals surface area contributed by atoms with Gasteiger partial charge in [0.05, 0.1) is 10.6 Å². The molecule has 0 radical (unpaired) electrons. The lowest BCUT2D eigenvalue weighted by Gasteiger charge is -2.05. The van der Waals surface area contributed by atoms with Crippen LogP contribution in [0.4, 0.5) is 5.69 Å². The normalized spacial score (nSPS) is 10.2. The van der Waals surface area contributed by atoms with Gasteiger partial charge in [0.15, 0.2) is 0 Å². The van der Waals surface area contributed by atoms with Crippen LogP contribution in [0.1, 0.15) is 25.9 Å². The zero-order chi connectivity index (χ0) is 14.0. The third kappa shape index (κ3) is 3.18. The molecule has 19 heavy (non-hydrogen) atoms. The number of benzene rings is 1. The number of nitrogens with zero attached hydrogens (tertiary/aromatic N) is 1. The first-order valence-corrected chi connectivity index (χ1v) is 6.91. The molecule has 0 spiro atoms. The number of carboxylic acid groups (broad SMARTS) is 1. The van der Waals surface area contributed by atoms with Crippen molar-refractivity contribution in [1.29, 1.82) is 0 Å². The Morgan fingerprint density at radius 1 is 1.42 bits per heavy atom. The predicted molar refractivity (Wildman–Crippen MR) is 75.9 cm³/mol. The monoisotopic (exact) mass is 340 g/mol. The van der Waals surface area contributed by atoms with Crippen LogP contribution < -0.4 is 5.32 Å². The summed E-state index contributed by atoms with van der Waals surface area (Å²) in [7, 11) is 0. The van der Waals surface area contributed by atoms with Crippen molar-refractivity contribution in [2.24, 2.45) is 0 Å². The quantitative estimate of drug-likeness (QED) is 0.899. The summed E-state index contributed by atoms with van der Waals surface area (Å²) in [5.74, 6) is -1.42. The minimum absolute atomic E-state index is 0.0901. The van der Waals surface area contributed by atoms with Crippen LogP contribution in [0.25, 0.3) is 0 Å². The highest BCUT2D eigenvalue weighted by molar-refractivity contribution is 9.10. The maximum Gasteiger partial charge on any atom is 0.336 e. The SMILES string of the molecule is Cc1nc(C(=O)Nc2ccc(Br)c(C(=O)O)c2)cs1. The first kappa shape index (κ1) is 13.7. The summed E-state index contributed by atoms with van der Waals surface area (Å²) in [5.41, 5.74) is 0.825. The second-order valence-electron chi connectivity index (χ2n) is 3.71. The van der Waals surface area contributed by atoms with Crippen molar-refractivity contribution in [2.45, 2.75) is 6.92 Å². The van der Waals surface area contributed by atoms with E-state index < -0.39 is 5.97 Å². The van der Waals surface area contributed by atoms with Gasteiger partial charge in [-0.2, -0.15) is 0 Å². The highest BCUT2D eigenvalue weighted by Gasteiger charge is 2.13. The Balaban J connectivity index is 2.22. The Morgan fingerprint density at radius 3 is 2.74 bits per heavy atom. The number of rotatable bonds is 3. The van der Waals surface area contributed by atoms with Gasteiger partial charge in [0.1, 0.15) is 5.69 Å². The molecule has 7 heteroatoms. The number of halogens is 1. The molecule has 0 aliphatic carbocycles. The Hall–Kier alpha value is -1.73. The van der Waals surface area contributed by atoms with E-state index in [2.05, 4.69) is 26.2 Å². The lowest BCUT2D eigenvalue weighted by atomic mass is 10.2. The molecule has 5 nitrogen and oxygen atoms in total. The van der Waals surface area contributed by atoms with E-state index >= 15 is 0 Å². The summed E-state index contributed by atoms with van der Waals surface area (Å²) in [5, 5.41) is 14.1. The van der Waals surface area contributed by atoms with Crippen LogP contribution in [0.5, 0.6) is 0 Å². The average molecular weight is 341 g/mol. The van der Waals surface area contributed by atoms with E-state index in [9.17, 15) is 9.59 Å². The number of hydrogen-bond donors (Lipinski definition) is 2. The standard InChI is InChI=1S/C12H9BrN2O3S/c1-6-14-10(5-19-6)11(16)15-7-2-3-9(13)8(4-7)12(17)18/h2-5H,1H3,(H,15,16)(H,17,18). The van der Waals surface area contributed by atoms with Gasteiger partial charge in [0, 0.05) is 15.5 Å². The number of aryl methyl sites for hydroxylation is 1. The minimum atomic E-state index is -1.06. The van der Waals surface area contributed by atoms with Gasteiger partial charge in [-0.3, -0.25) is 4.79 Å². The Morgan fingerprint density at radius 2 is 2.16 bits per heavy atom. The Labute approximate surface area is 121 Å². The predicted octanol–water partition coefficient (Wildman–Crippen LogP) is 3.16. The summed E-state index contributed by atoms with van der Waals surface area (Å²) in [6, 6.07) is 4.59. The van der Waals surface area contributed by atoms with E-state index in [0.717, 1.165) is 5.01 Å². The summed E-state index contributed by atoms with van der Waals surface area (Å²) in [6.07, 6.45) is 0. The molecule has 98 valence electrons. The van der Waals surface area contributed by atoms with E-state index in [-0.39, 0.29) is 11.5 Å². The molecule has 1 amide bonds. The Kier molecular flexibility index (Phi) is 3.96. The molecule has 0 fully saturated rings. The molecule has 0 saturated heterocycles. The number of carbonyl (C=O) groups is 2. The van der Waals surface area contributed by atoms with Crippen molar-refractivity contribution < 1.29 is 14.7 Å². The van der Waals surface area contributed by atoms with Gasteiger partial charge in [-0.25, -0.2) is 9.78 Å². The molecule has 0 unspecified atom stereocenters. The van der Waals surface area contributed by atoms with Crippen LogP contribution in [0.3, 0.4) is 0 Å². The first-order valence-electron chi connectivity index (χ1n) is 5.23. The van der Waals surface area contributed by atoms with Crippen molar-refractivity contribution in [3.8, 4) is 0 Å². The second-order valence-corrected chi connectivity index (χ2v) is 5.62. The summed E-state index contributed by atoms with van der Waals surface area (Å²) >= 11 is 4.52. The number of amides is 1. The number of thiazole rings is 1. The van der Waals surface area contributed by atoms with Crippen molar-refractivity contribution in [2.75, 3.05) is 5.32 Å². The average Bonchev–Trinajstić information content (AvgIpc) is 2.78. The topological polar surface area (TPSA) is 79.3 Å². The fourth-order valence-corrected chi connectivity index (χ4v) is 2.44. The minimum Gasteiger partial charge on any atom is -0.478 e. The van der Waals surface area contributed by atoms with Crippen molar-refractivity contribution in [3.63, 3.8) is 0 Å². The van der Waals surface area contributed by atoms with Crippen LogP contribution in [-0.2, 0) is 0 Å². The third-order valence-corrected chi connectivity index (χ3v) is 3.77. The van der Waals surface area contributed by atoms with Gasteiger partial charge in [-0.15, -0.1) is 11.3 Å². The number of anilines is 1. The zero-order valence-corrected chi connectivity index (χ0v) is 12.2. The van der Waals surface area contributed by atoms with Crippen LogP contribution in [0.2, 0.25) is 0 Å². The Bertz CT molecular complexity index is 654. The number of carboxylic acids is 1. The highest BCUT2D eigenvalue weighted by atomic mass is 79.9. The molecular weight excluding hydrogens is 332 g/mol. The van der Waals surface area contributed by atoms with Crippen LogP contribution in [-0.4, -0.2) is 22.0 Å². The molecule has 0 aliphatic heterocycles. The maximum atomic E-state index is 11.9. The van der Waals surface area contributed by atoms with E-state index in [1.54, 1.807) is 17.5 Å². The van der Waals surface area contributed by atoms with Crippen molar-refractivity contribution in [3.05, 3.63) is 44.3 Å². The van der Waals surface area contributed by atoms with Gasteiger partial charge in [0.2, 0.25) is 0 Å². The molecular formula is C12H9BrN2O3S. The van der Waals surface area contributed by atoms with Gasteiger partial charge < -0.3 is 10.4 Å². The van der Waals surface area contributed by atoms with Crippen molar-refractivity contribution >= 4 is 44.8 Å². The second kappa shape index (κ2) is 5.50. The van der Waals surface area contributed by atoms with Crippen LogP contribution in [0.15, 0.2) is 28.1 Å². The van der Waals surface area contributed by atoms with Crippen molar-refractivity contribution in [1.82, 2.24) is 4.98 Å². The number of aromatic carboxylic acids is 1. The molecule has 0 aliphatic rings. The molecule has 2 N–H and O–H groups in total. The maximum absolute atomic E-state index is 11.9. The third-order valence-electron chi connectivity index (χ3n) is 2.31. The fraction of sp³-hybridized carbons (Fsp3) is 0.0833. The lowest BCUT2D eigenvalue weighted by Crippen LogP contribution is -2.13. The van der Waals surface area contributed by atoms with Gasteiger partial charge in [0.25, 0.3) is 5.91 Å². The van der Waals surface area contributed by atoms with E-state index in [4.69, 9.17) is 5.11 Å². The molecule has 2 aromatic rings. The lowest BCUT2D eigenvalue weighted by molar-refractivity contribution is 0.0695. The largest absolute Gasteiger partial charge is 0.478 e. The molecule has 0 atom stereocenters. The number of carbonyl (C=O) groups excluding carboxylic acids is 1. The molecule has 1 aromatic carbocycles. The highest BCUT2D eigenvalue weighted by Crippen LogP contribution is 2.21. The van der Waals surface area contributed by atoms with Crippen LogP contribution >= 0.6 is 27.3 Å². The molecule has 0 bridgehead atoms. The van der Waals surface area contributed by atoms with Gasteiger partial charge >= 0.3 is 5.97 Å². The van der Waals surface area contributed by atoms with E-state index in [0.29, 0.717) is 15.9 Å². The molecule has 1 heterocycles. The zero-order valence-electron chi connectivity index (χ0n) is 9.81. The number of nitrogens with one attached hydrogen (secondary N) is 1. The van der Waals surface area contributed by atoms with E-state index in [1.165, 1.54) is 17.4 Å². The smallest absolute Gasteiger partial charge is 0.336 e. The number of hydrogen-bond acceptors (Lipinski definition) is 4. The number of aromatic nitrogens is 1. The van der Waals surface area contributed by atoms with Crippen LogP contribution in [0, 0.1) is 6.92 Å². The fourth-order valence-electron chi connectivity index (χ4n) is 1.43. The first-order chi connectivity index (χ1) is 8.97. The van der Waals surface area contributed by atoms with E-state index in [1.807, 2.05) is 6.92 Å². The molecule has 1 aromatic heterocycles. The molecule has 0 saturated carbocycles. The summed E-state index contributed by atoms with van der Waals surface area (Å²) in [4.78, 5) is 26.9. The summed E-state index contributed by atoms with van der Waals surface area (Å²) in [6.45, 7) is 1.81. The van der Waals surface area contributed by atoms with Gasteiger partial charge in [-0.05, 0) is 41.1 Å². The summed E-state index contributed by atoms with van der Waals surface area (Å²) < 4.78 is 0.461. The molecule has 2 rings (SSSR count). The van der Waals surface area contributed by atoms with Gasteiger partial charge in [-0.1, -0.05) is 0 Å².